The highest BCUT2D eigenvalue weighted by Gasteiger charge is 2.22. The van der Waals surface area contributed by atoms with Crippen LogP contribution in [0.1, 0.15) is 18.6 Å². The predicted octanol–water partition coefficient (Wildman–Crippen LogP) is 2.26. The van der Waals surface area contributed by atoms with Crippen molar-refractivity contribution in [3.05, 3.63) is 60.2 Å². The molecule has 4 heteroatoms. The number of aryl methyl sites for hydroxylation is 1. The Morgan fingerprint density at radius 2 is 1.76 bits per heavy atom. The molecule has 3 aromatic rings. The smallest absolute Gasteiger partial charge is 0.356 e. The molecule has 0 saturated heterocycles. The van der Waals surface area contributed by atoms with Crippen LogP contribution in [0, 0.1) is 0 Å². The minimum atomic E-state index is -0.574. The van der Waals surface area contributed by atoms with E-state index < -0.39 is 6.10 Å². The molecule has 108 valence electrons. The first-order valence-electron chi connectivity index (χ1n) is 7.22. The van der Waals surface area contributed by atoms with Crippen LogP contribution < -0.4 is 10.3 Å². The third kappa shape index (κ3) is 2.38. The maximum absolute atomic E-state index is 10.5. The van der Waals surface area contributed by atoms with Gasteiger partial charge in [-0.2, -0.15) is 0 Å². The number of rotatable bonds is 4. The van der Waals surface area contributed by atoms with Gasteiger partial charge in [0, 0.05) is 0 Å². The third-order valence-electron chi connectivity index (χ3n) is 3.87. The predicted molar refractivity (Wildman–Crippen MR) is 83.6 cm³/mol. The van der Waals surface area contributed by atoms with Crippen molar-refractivity contribution in [2.24, 2.45) is 0 Å². The zero-order valence-electron chi connectivity index (χ0n) is 12.1. The van der Waals surface area contributed by atoms with Gasteiger partial charge in [-0.1, -0.05) is 42.5 Å². The van der Waals surface area contributed by atoms with Crippen molar-refractivity contribution in [1.82, 2.24) is 4.57 Å². The third-order valence-corrected chi connectivity index (χ3v) is 3.87. The van der Waals surface area contributed by atoms with E-state index in [1.165, 1.54) is 0 Å². The van der Waals surface area contributed by atoms with Gasteiger partial charge >= 0.3 is 5.95 Å². The number of aliphatic hydroxyl groups is 1. The number of benzene rings is 2. The Labute approximate surface area is 124 Å². The van der Waals surface area contributed by atoms with Crippen molar-refractivity contribution in [3.8, 4) is 0 Å². The SMILES string of the molecule is CCn1c(N)[n+](C[C@@H](O)c2ccccc2)c2ccccc21. The van der Waals surface area contributed by atoms with Gasteiger partial charge in [0.15, 0.2) is 0 Å². The lowest BCUT2D eigenvalue weighted by Gasteiger charge is -2.10. The Balaban J connectivity index is 2.03. The van der Waals surface area contributed by atoms with Crippen molar-refractivity contribution >= 4 is 17.0 Å². The quantitative estimate of drug-likeness (QED) is 0.721. The highest BCUT2D eigenvalue weighted by atomic mass is 16.3. The topological polar surface area (TPSA) is 55.1 Å². The maximum atomic E-state index is 10.5. The van der Waals surface area contributed by atoms with Crippen LogP contribution in [0.3, 0.4) is 0 Å². The van der Waals surface area contributed by atoms with Crippen LogP contribution in [0.15, 0.2) is 54.6 Å². The number of imidazole rings is 1. The summed E-state index contributed by atoms with van der Waals surface area (Å²) < 4.78 is 4.05. The second-order valence-electron chi connectivity index (χ2n) is 5.13. The molecule has 0 aliphatic heterocycles. The summed E-state index contributed by atoms with van der Waals surface area (Å²) in [5.41, 5.74) is 9.31. The van der Waals surface area contributed by atoms with Crippen molar-refractivity contribution in [1.29, 1.82) is 0 Å². The molecular formula is C17H20N3O+. The number of para-hydroxylation sites is 2. The average molecular weight is 282 g/mol. The van der Waals surface area contributed by atoms with Gasteiger partial charge in [0.2, 0.25) is 0 Å². The monoisotopic (exact) mass is 282 g/mol. The Hall–Kier alpha value is -2.33. The standard InChI is InChI=1S/C17H19N3O/c1-2-19-14-10-6-7-11-15(14)20(17(19)18)12-16(21)13-8-4-3-5-9-13/h3-11,16,18,21H,2,12H2,1H3/p+1/t16-/m1/s1. The Kier molecular flexibility index (Phi) is 3.62. The molecule has 0 saturated carbocycles. The molecule has 0 fully saturated rings. The minimum absolute atomic E-state index is 0.448. The van der Waals surface area contributed by atoms with E-state index in [9.17, 15) is 5.11 Å². The molecule has 3 rings (SSSR count). The summed E-state index contributed by atoms with van der Waals surface area (Å²) in [6.07, 6.45) is -0.574. The molecule has 1 heterocycles. The lowest BCUT2D eigenvalue weighted by Crippen LogP contribution is -2.39. The number of nitrogens with zero attached hydrogens (tertiary/aromatic N) is 2. The summed E-state index contributed by atoms with van der Waals surface area (Å²) in [6, 6.07) is 17.8. The van der Waals surface area contributed by atoms with E-state index in [0.717, 1.165) is 23.1 Å². The Morgan fingerprint density at radius 3 is 2.48 bits per heavy atom. The number of aliphatic hydroxyl groups excluding tert-OH is 1. The van der Waals surface area contributed by atoms with E-state index in [-0.39, 0.29) is 0 Å². The van der Waals surface area contributed by atoms with Crippen LogP contribution in [0.5, 0.6) is 0 Å². The lowest BCUT2D eigenvalue weighted by atomic mass is 10.1. The fourth-order valence-electron chi connectivity index (χ4n) is 2.79. The fraction of sp³-hybridized carbons (Fsp3) is 0.235. The molecule has 0 radical (unpaired) electrons. The van der Waals surface area contributed by atoms with Gasteiger partial charge in [-0.05, 0) is 24.6 Å². The van der Waals surface area contributed by atoms with E-state index in [2.05, 4.69) is 17.6 Å². The first kappa shape index (κ1) is 13.6. The molecule has 1 aromatic heterocycles. The Bertz CT molecular complexity index is 749. The fourth-order valence-corrected chi connectivity index (χ4v) is 2.79. The number of nitrogens with two attached hydrogens (primary N) is 1. The normalized spacial score (nSPS) is 12.7. The zero-order valence-corrected chi connectivity index (χ0v) is 12.1. The first-order chi connectivity index (χ1) is 10.2. The van der Waals surface area contributed by atoms with Gasteiger partial charge in [0.1, 0.15) is 23.7 Å². The largest absolute Gasteiger partial charge is 0.385 e. The Morgan fingerprint density at radius 1 is 1.10 bits per heavy atom. The van der Waals surface area contributed by atoms with E-state index in [1.807, 2.05) is 53.1 Å². The number of hydrogen-bond donors (Lipinski definition) is 2. The molecule has 0 amide bonds. The van der Waals surface area contributed by atoms with E-state index in [0.29, 0.717) is 12.5 Å². The maximum Gasteiger partial charge on any atom is 0.356 e. The second kappa shape index (κ2) is 5.58. The van der Waals surface area contributed by atoms with Crippen molar-refractivity contribution < 1.29 is 9.67 Å². The number of nitrogen functional groups attached to an aromatic ring is 1. The first-order valence-corrected chi connectivity index (χ1v) is 7.22. The molecule has 2 aromatic carbocycles. The van der Waals surface area contributed by atoms with Crippen LogP contribution in [-0.2, 0) is 13.1 Å². The average Bonchev–Trinajstić information content (AvgIpc) is 2.80. The second-order valence-corrected chi connectivity index (χ2v) is 5.13. The van der Waals surface area contributed by atoms with Crippen LogP contribution in [0.4, 0.5) is 5.95 Å². The highest BCUT2D eigenvalue weighted by molar-refractivity contribution is 5.73. The summed E-state index contributed by atoms with van der Waals surface area (Å²) in [5, 5.41) is 10.5. The van der Waals surface area contributed by atoms with Crippen LogP contribution in [0.2, 0.25) is 0 Å². The molecular weight excluding hydrogens is 262 g/mol. The summed E-state index contributed by atoms with van der Waals surface area (Å²) in [6.45, 7) is 3.32. The molecule has 0 aliphatic carbocycles. The summed E-state index contributed by atoms with van der Waals surface area (Å²) in [4.78, 5) is 0. The lowest BCUT2D eigenvalue weighted by molar-refractivity contribution is -0.666. The van der Waals surface area contributed by atoms with Gasteiger partial charge in [-0.15, -0.1) is 0 Å². The molecule has 1 atom stereocenters. The highest BCUT2D eigenvalue weighted by Crippen LogP contribution is 2.19. The minimum Gasteiger partial charge on any atom is -0.385 e. The van der Waals surface area contributed by atoms with E-state index in [4.69, 9.17) is 5.73 Å². The molecule has 0 unspecified atom stereocenters. The van der Waals surface area contributed by atoms with Crippen LogP contribution >= 0.6 is 0 Å². The summed E-state index contributed by atoms with van der Waals surface area (Å²) >= 11 is 0. The molecule has 0 aliphatic rings. The van der Waals surface area contributed by atoms with Crippen molar-refractivity contribution in [3.63, 3.8) is 0 Å². The number of anilines is 1. The van der Waals surface area contributed by atoms with Gasteiger partial charge < -0.3 is 5.11 Å². The van der Waals surface area contributed by atoms with Gasteiger partial charge in [-0.25, -0.2) is 9.13 Å². The summed E-state index contributed by atoms with van der Waals surface area (Å²) in [5.74, 6) is 0.675. The zero-order chi connectivity index (χ0) is 14.8. The molecule has 21 heavy (non-hydrogen) atoms. The molecule has 4 nitrogen and oxygen atoms in total. The van der Waals surface area contributed by atoms with Gasteiger partial charge in [-0.3, -0.25) is 5.73 Å². The van der Waals surface area contributed by atoms with Crippen molar-refractivity contribution in [2.75, 3.05) is 5.73 Å². The van der Waals surface area contributed by atoms with Crippen molar-refractivity contribution in [2.45, 2.75) is 26.1 Å². The van der Waals surface area contributed by atoms with Crippen LogP contribution in [-0.4, -0.2) is 9.67 Å². The summed E-state index contributed by atoms with van der Waals surface area (Å²) in [7, 11) is 0. The van der Waals surface area contributed by atoms with E-state index >= 15 is 0 Å². The van der Waals surface area contributed by atoms with Gasteiger partial charge in [0.25, 0.3) is 0 Å². The number of fused-ring (bicyclic) bond motifs is 1. The molecule has 0 spiro atoms. The van der Waals surface area contributed by atoms with Crippen LogP contribution in [0.25, 0.3) is 11.0 Å². The van der Waals surface area contributed by atoms with E-state index in [1.54, 1.807) is 0 Å². The number of hydrogen-bond acceptors (Lipinski definition) is 2. The number of aromatic nitrogens is 2. The molecule has 0 bridgehead atoms. The van der Waals surface area contributed by atoms with Gasteiger partial charge in [0.05, 0.1) is 6.54 Å². The molecule has 3 N–H and O–H groups in total.